The van der Waals surface area contributed by atoms with Gasteiger partial charge in [0.2, 0.25) is 0 Å². The quantitative estimate of drug-likeness (QED) is 0.545. The van der Waals surface area contributed by atoms with E-state index in [9.17, 15) is 0 Å². The second-order valence-electron chi connectivity index (χ2n) is 5.10. The molecule has 0 bridgehead atoms. The number of rotatable bonds is 5. The maximum Gasteiger partial charge on any atom is 0.102 e. The molecule has 114 valence electrons. The summed E-state index contributed by atoms with van der Waals surface area (Å²) in [7, 11) is 0. The second-order valence-corrected chi connectivity index (χ2v) is 7.60. The summed E-state index contributed by atoms with van der Waals surface area (Å²) < 4.78 is 4.46. The van der Waals surface area contributed by atoms with E-state index in [4.69, 9.17) is 11.6 Å². The molecule has 2 nitrogen and oxygen atoms in total. The van der Waals surface area contributed by atoms with Gasteiger partial charge in [-0.15, -0.1) is 11.3 Å². The van der Waals surface area contributed by atoms with Crippen molar-refractivity contribution in [2.75, 3.05) is 4.72 Å². The molecule has 5 heteroatoms. The van der Waals surface area contributed by atoms with Crippen molar-refractivity contribution in [3.8, 4) is 0 Å². The van der Waals surface area contributed by atoms with Gasteiger partial charge in [-0.25, -0.2) is 4.98 Å². The van der Waals surface area contributed by atoms with Crippen molar-refractivity contribution < 1.29 is 0 Å². The maximum atomic E-state index is 6.46. The molecule has 0 amide bonds. The number of hydrogen-bond donors (Lipinski definition) is 1. The topological polar surface area (TPSA) is 24.9 Å². The van der Waals surface area contributed by atoms with Gasteiger partial charge in [-0.1, -0.05) is 37.1 Å². The molecule has 0 saturated carbocycles. The smallest absolute Gasteiger partial charge is 0.102 e. The van der Waals surface area contributed by atoms with Crippen LogP contribution >= 0.6 is 34.9 Å². The van der Waals surface area contributed by atoms with E-state index in [0.29, 0.717) is 5.02 Å². The SMILES string of the molecule is CCCc1ccc(SNc2ccc3sc(C)nc3c2Cl)cc1. The third kappa shape index (κ3) is 3.40. The Morgan fingerprint density at radius 1 is 1.18 bits per heavy atom. The average Bonchev–Trinajstić information content (AvgIpc) is 2.90. The van der Waals surface area contributed by atoms with Crippen LogP contribution in [0.3, 0.4) is 0 Å². The predicted octanol–water partition coefficient (Wildman–Crippen LogP) is 6.33. The standard InChI is InChI=1S/C17H17ClN2S2/c1-3-4-12-5-7-13(8-6-12)22-20-14-9-10-15-17(16(14)18)19-11(2)21-15/h5-10,20H,3-4H2,1-2H3. The lowest BCUT2D eigenvalue weighted by molar-refractivity contribution is 0.920. The van der Waals surface area contributed by atoms with Crippen molar-refractivity contribution in [3.63, 3.8) is 0 Å². The highest BCUT2D eigenvalue weighted by Crippen LogP contribution is 2.35. The lowest BCUT2D eigenvalue weighted by atomic mass is 10.1. The average molecular weight is 349 g/mol. The summed E-state index contributed by atoms with van der Waals surface area (Å²) in [6.07, 6.45) is 2.30. The first kappa shape index (κ1) is 15.7. The molecular weight excluding hydrogens is 332 g/mol. The molecule has 0 saturated heterocycles. The molecule has 0 atom stereocenters. The van der Waals surface area contributed by atoms with E-state index < -0.39 is 0 Å². The normalized spacial score (nSPS) is 11.0. The molecule has 0 spiro atoms. The van der Waals surface area contributed by atoms with E-state index in [1.807, 2.05) is 13.0 Å². The molecule has 3 aromatic rings. The first-order valence-electron chi connectivity index (χ1n) is 7.25. The molecule has 1 heterocycles. The fourth-order valence-electron chi connectivity index (χ4n) is 2.28. The van der Waals surface area contributed by atoms with E-state index in [-0.39, 0.29) is 0 Å². The number of nitrogens with zero attached hydrogens (tertiary/aromatic N) is 1. The zero-order valence-electron chi connectivity index (χ0n) is 12.5. The third-order valence-corrected chi connectivity index (χ3v) is 5.50. The summed E-state index contributed by atoms with van der Waals surface area (Å²) in [5.41, 5.74) is 3.17. The first-order chi connectivity index (χ1) is 10.7. The molecule has 1 N–H and O–H groups in total. The Hall–Kier alpha value is -1.23. The number of fused-ring (bicyclic) bond motifs is 1. The van der Waals surface area contributed by atoms with Gasteiger partial charge < -0.3 is 4.72 Å². The molecule has 0 aliphatic heterocycles. The fraction of sp³-hybridized carbons (Fsp3) is 0.235. The predicted molar refractivity (Wildman–Crippen MR) is 99.3 cm³/mol. The molecule has 0 unspecified atom stereocenters. The van der Waals surface area contributed by atoms with Gasteiger partial charge >= 0.3 is 0 Å². The number of aromatic nitrogens is 1. The summed E-state index contributed by atoms with van der Waals surface area (Å²) in [6, 6.07) is 12.7. The minimum absolute atomic E-state index is 0.692. The summed E-state index contributed by atoms with van der Waals surface area (Å²) >= 11 is 9.69. The van der Waals surface area contributed by atoms with E-state index in [1.54, 1.807) is 23.3 Å². The first-order valence-corrected chi connectivity index (χ1v) is 9.26. The summed E-state index contributed by atoms with van der Waals surface area (Å²) in [4.78, 5) is 5.67. The van der Waals surface area contributed by atoms with Crippen molar-refractivity contribution in [1.29, 1.82) is 0 Å². The van der Waals surface area contributed by atoms with Crippen LogP contribution in [-0.2, 0) is 6.42 Å². The Morgan fingerprint density at radius 2 is 1.95 bits per heavy atom. The largest absolute Gasteiger partial charge is 0.324 e. The van der Waals surface area contributed by atoms with E-state index >= 15 is 0 Å². The Bertz CT molecular complexity index is 781. The van der Waals surface area contributed by atoms with Crippen molar-refractivity contribution in [2.45, 2.75) is 31.6 Å². The van der Waals surface area contributed by atoms with Crippen molar-refractivity contribution in [3.05, 3.63) is 52.0 Å². The van der Waals surface area contributed by atoms with Crippen molar-refractivity contribution >= 4 is 50.8 Å². The third-order valence-electron chi connectivity index (χ3n) is 3.35. The lowest BCUT2D eigenvalue weighted by Gasteiger charge is -2.08. The van der Waals surface area contributed by atoms with Crippen LogP contribution < -0.4 is 4.72 Å². The highest BCUT2D eigenvalue weighted by Gasteiger charge is 2.09. The summed E-state index contributed by atoms with van der Waals surface area (Å²) in [5.74, 6) is 0. The monoisotopic (exact) mass is 348 g/mol. The van der Waals surface area contributed by atoms with Crippen LogP contribution in [0.1, 0.15) is 23.9 Å². The van der Waals surface area contributed by atoms with Crippen LogP contribution in [0.2, 0.25) is 5.02 Å². The Morgan fingerprint density at radius 3 is 2.68 bits per heavy atom. The van der Waals surface area contributed by atoms with Gasteiger partial charge in [0, 0.05) is 4.90 Å². The fourth-order valence-corrected chi connectivity index (χ4v) is 4.15. The molecule has 2 aromatic carbocycles. The van der Waals surface area contributed by atoms with Gasteiger partial charge in [0.15, 0.2) is 0 Å². The van der Waals surface area contributed by atoms with Gasteiger partial charge in [-0.2, -0.15) is 0 Å². The number of nitrogens with one attached hydrogen (secondary N) is 1. The highest BCUT2D eigenvalue weighted by atomic mass is 35.5. The van der Waals surface area contributed by atoms with Crippen LogP contribution in [0, 0.1) is 6.92 Å². The van der Waals surface area contributed by atoms with Crippen molar-refractivity contribution in [2.24, 2.45) is 0 Å². The summed E-state index contributed by atoms with van der Waals surface area (Å²) in [6.45, 7) is 4.20. The Kier molecular flexibility index (Phi) is 4.91. The zero-order valence-corrected chi connectivity index (χ0v) is 14.9. The van der Waals surface area contributed by atoms with Crippen LogP contribution in [-0.4, -0.2) is 4.98 Å². The van der Waals surface area contributed by atoms with E-state index in [1.165, 1.54) is 16.9 Å². The highest BCUT2D eigenvalue weighted by molar-refractivity contribution is 8.00. The summed E-state index contributed by atoms with van der Waals surface area (Å²) in [5, 5.41) is 1.73. The van der Waals surface area contributed by atoms with E-state index in [0.717, 1.165) is 27.3 Å². The second kappa shape index (κ2) is 6.90. The maximum absolute atomic E-state index is 6.46. The molecule has 3 rings (SSSR count). The number of anilines is 1. The number of hydrogen-bond acceptors (Lipinski definition) is 4. The van der Waals surface area contributed by atoms with Gasteiger partial charge in [0.1, 0.15) is 5.52 Å². The molecular formula is C17H17ClN2S2. The molecule has 0 radical (unpaired) electrons. The Labute approximate surface area is 144 Å². The van der Waals surface area contributed by atoms with Crippen LogP contribution in [0.25, 0.3) is 10.2 Å². The Balaban J connectivity index is 1.74. The van der Waals surface area contributed by atoms with Gasteiger partial charge in [0.25, 0.3) is 0 Å². The van der Waals surface area contributed by atoms with Crippen LogP contribution in [0.5, 0.6) is 0 Å². The number of thiazole rings is 1. The molecule has 22 heavy (non-hydrogen) atoms. The van der Waals surface area contributed by atoms with Gasteiger partial charge in [0.05, 0.1) is 20.4 Å². The van der Waals surface area contributed by atoms with Crippen LogP contribution in [0.15, 0.2) is 41.3 Å². The molecule has 1 aromatic heterocycles. The number of benzene rings is 2. The van der Waals surface area contributed by atoms with Crippen molar-refractivity contribution in [1.82, 2.24) is 4.98 Å². The van der Waals surface area contributed by atoms with Gasteiger partial charge in [-0.3, -0.25) is 0 Å². The molecule has 0 aliphatic rings. The number of halogens is 1. The minimum atomic E-state index is 0.692. The lowest BCUT2D eigenvalue weighted by Crippen LogP contribution is -1.89. The van der Waals surface area contributed by atoms with Crippen LogP contribution in [0.4, 0.5) is 5.69 Å². The molecule has 0 aliphatic carbocycles. The minimum Gasteiger partial charge on any atom is -0.324 e. The molecule has 0 fully saturated rings. The number of aryl methyl sites for hydroxylation is 2. The van der Waals surface area contributed by atoms with E-state index in [2.05, 4.69) is 47.0 Å². The zero-order chi connectivity index (χ0) is 15.5. The van der Waals surface area contributed by atoms with Gasteiger partial charge in [-0.05, 0) is 55.1 Å².